The molecule has 3 aromatic rings. The molecule has 2 heterocycles. The van der Waals surface area contributed by atoms with Gasteiger partial charge in [0.1, 0.15) is 4.87 Å². The third kappa shape index (κ3) is 4.35. The number of hydrogen-bond acceptors (Lipinski definition) is 5. The minimum absolute atomic E-state index is 0.271. The molecule has 1 unspecified atom stereocenters. The fourth-order valence-corrected chi connectivity index (χ4v) is 3.55. The number of amides is 2. The van der Waals surface area contributed by atoms with E-state index in [0.717, 1.165) is 11.1 Å². The summed E-state index contributed by atoms with van der Waals surface area (Å²) < 4.78 is 0. The third-order valence-corrected chi connectivity index (χ3v) is 5.44. The van der Waals surface area contributed by atoms with Gasteiger partial charge in [-0.15, -0.1) is 16.4 Å². The summed E-state index contributed by atoms with van der Waals surface area (Å²) in [7, 11) is 0. The predicted octanol–water partition coefficient (Wildman–Crippen LogP) is 3.37. The number of anilines is 1. The molecule has 8 nitrogen and oxygen atoms in total. The van der Waals surface area contributed by atoms with Gasteiger partial charge < -0.3 is 11.1 Å². The van der Waals surface area contributed by atoms with Crippen molar-refractivity contribution in [3.8, 4) is 5.82 Å². The second-order valence-electron chi connectivity index (χ2n) is 6.83. The Morgan fingerprint density at radius 2 is 1.87 bits per heavy atom. The number of benzene rings is 1. The number of alkyl halides is 1. The van der Waals surface area contributed by atoms with Crippen molar-refractivity contribution >= 4 is 46.3 Å². The Morgan fingerprint density at radius 1 is 1.16 bits per heavy atom. The Kier molecular flexibility index (Phi) is 5.58. The highest BCUT2D eigenvalue weighted by atomic mass is 35.5. The zero-order chi connectivity index (χ0) is 22.0. The van der Waals surface area contributed by atoms with Gasteiger partial charge in [0.15, 0.2) is 5.82 Å². The summed E-state index contributed by atoms with van der Waals surface area (Å²) in [4.78, 5) is 28.5. The van der Waals surface area contributed by atoms with Crippen LogP contribution in [-0.4, -0.2) is 36.7 Å². The van der Waals surface area contributed by atoms with Crippen molar-refractivity contribution in [2.75, 3.05) is 5.32 Å². The molecule has 0 radical (unpaired) electrons. The summed E-state index contributed by atoms with van der Waals surface area (Å²) in [6.45, 7) is 0. The molecule has 1 aliphatic rings. The Labute approximate surface area is 187 Å². The minimum atomic E-state index is -1.25. The molecule has 1 aromatic carbocycles. The van der Waals surface area contributed by atoms with E-state index in [-0.39, 0.29) is 12.3 Å². The minimum Gasteiger partial charge on any atom is -0.368 e. The van der Waals surface area contributed by atoms with Gasteiger partial charge in [0.05, 0.1) is 29.3 Å². The first-order valence-electron chi connectivity index (χ1n) is 9.17. The Balaban J connectivity index is 1.47. The number of carbonyl (C=O) groups is 2. The van der Waals surface area contributed by atoms with E-state index in [2.05, 4.69) is 20.5 Å². The number of carbonyl (C=O) groups excluding carboxylic acids is 2. The van der Waals surface area contributed by atoms with E-state index in [4.69, 9.17) is 28.9 Å². The fraction of sp³-hybridized carbons (Fsp3) is 0.0952. The molecule has 0 bridgehead atoms. The summed E-state index contributed by atoms with van der Waals surface area (Å²) in [5, 5.41) is 11.0. The number of aromatic nitrogens is 4. The molecule has 2 aromatic heterocycles. The molecule has 10 heteroatoms. The van der Waals surface area contributed by atoms with E-state index in [1.807, 2.05) is 6.08 Å². The van der Waals surface area contributed by atoms with Crippen molar-refractivity contribution in [2.45, 2.75) is 11.3 Å². The summed E-state index contributed by atoms with van der Waals surface area (Å²) in [6.07, 6.45) is 9.91. The Hall–Kier alpha value is -3.49. The van der Waals surface area contributed by atoms with E-state index >= 15 is 0 Å². The Bertz CT molecular complexity index is 1210. The molecule has 1 atom stereocenters. The molecule has 0 aliphatic heterocycles. The van der Waals surface area contributed by atoms with Gasteiger partial charge in [-0.2, -0.15) is 10.2 Å². The van der Waals surface area contributed by atoms with Gasteiger partial charge in [-0.1, -0.05) is 42.0 Å². The topological polar surface area (TPSA) is 116 Å². The second kappa shape index (κ2) is 8.33. The first kappa shape index (κ1) is 20.8. The van der Waals surface area contributed by atoms with Crippen LogP contribution >= 0.6 is 23.2 Å². The zero-order valence-electron chi connectivity index (χ0n) is 16.0. The highest BCUT2D eigenvalue weighted by Gasteiger charge is 2.34. The maximum Gasteiger partial charge on any atom is 0.255 e. The molecule has 0 saturated carbocycles. The smallest absolute Gasteiger partial charge is 0.255 e. The van der Waals surface area contributed by atoms with E-state index < -0.39 is 10.8 Å². The van der Waals surface area contributed by atoms with Gasteiger partial charge in [0.2, 0.25) is 5.91 Å². The normalized spacial score (nSPS) is 17.8. The standard InChI is InChI=1S/C21H16Cl2N6O2/c22-17-10-16(12-25-18(17)29-26-8-9-27-29)28-19(30)14-5-3-13(4-6-14)15-2-1-7-21(23,11-15)20(24)31/h1-10,12H,11H2,(H2,24,31)(H,28,30). The number of nitrogens with zero attached hydrogens (tertiary/aromatic N) is 4. The van der Waals surface area contributed by atoms with Crippen molar-refractivity contribution < 1.29 is 9.59 Å². The van der Waals surface area contributed by atoms with Crippen LogP contribution in [0.15, 0.2) is 67.2 Å². The average molecular weight is 455 g/mol. The Morgan fingerprint density at radius 3 is 2.52 bits per heavy atom. The summed E-state index contributed by atoms with van der Waals surface area (Å²) in [5.41, 5.74) is 7.97. The maximum absolute atomic E-state index is 12.6. The zero-order valence-corrected chi connectivity index (χ0v) is 17.5. The van der Waals surface area contributed by atoms with Gasteiger partial charge >= 0.3 is 0 Å². The van der Waals surface area contributed by atoms with Crippen molar-refractivity contribution in [1.29, 1.82) is 0 Å². The number of pyridine rings is 1. The van der Waals surface area contributed by atoms with Gasteiger partial charge in [-0.05, 0) is 29.3 Å². The first-order valence-corrected chi connectivity index (χ1v) is 9.92. The lowest BCUT2D eigenvalue weighted by Crippen LogP contribution is -2.37. The lowest BCUT2D eigenvalue weighted by Gasteiger charge is -2.24. The highest BCUT2D eigenvalue weighted by Crippen LogP contribution is 2.34. The molecule has 1 aliphatic carbocycles. The van der Waals surface area contributed by atoms with Gasteiger partial charge in [-0.25, -0.2) is 4.98 Å². The fourth-order valence-electron chi connectivity index (χ4n) is 3.09. The van der Waals surface area contributed by atoms with Gasteiger partial charge in [0.25, 0.3) is 5.91 Å². The number of rotatable bonds is 5. The van der Waals surface area contributed by atoms with Crippen LogP contribution in [0, 0.1) is 0 Å². The lowest BCUT2D eigenvalue weighted by molar-refractivity contribution is -0.119. The molecule has 0 saturated heterocycles. The molecule has 3 N–H and O–H groups in total. The first-order chi connectivity index (χ1) is 14.9. The molecule has 156 valence electrons. The van der Waals surface area contributed by atoms with E-state index in [1.54, 1.807) is 42.5 Å². The molecular formula is C21H16Cl2N6O2. The van der Waals surface area contributed by atoms with Crippen molar-refractivity contribution in [3.05, 3.63) is 83.3 Å². The third-order valence-electron chi connectivity index (χ3n) is 4.72. The van der Waals surface area contributed by atoms with E-state index in [0.29, 0.717) is 22.1 Å². The summed E-state index contributed by atoms with van der Waals surface area (Å²) in [5.74, 6) is -0.570. The van der Waals surface area contributed by atoms with Crippen molar-refractivity contribution in [1.82, 2.24) is 20.0 Å². The van der Waals surface area contributed by atoms with E-state index in [1.165, 1.54) is 23.4 Å². The summed E-state index contributed by atoms with van der Waals surface area (Å²) in [6, 6.07) is 8.51. The number of primary amides is 1. The quantitative estimate of drug-likeness (QED) is 0.573. The number of nitrogens with two attached hydrogens (primary N) is 1. The van der Waals surface area contributed by atoms with Gasteiger partial charge in [-0.3, -0.25) is 9.59 Å². The average Bonchev–Trinajstić information content (AvgIpc) is 3.28. The molecule has 2 amide bonds. The molecular weight excluding hydrogens is 439 g/mol. The molecule has 0 spiro atoms. The monoisotopic (exact) mass is 454 g/mol. The number of halogens is 2. The van der Waals surface area contributed by atoms with Crippen LogP contribution in [0.3, 0.4) is 0 Å². The van der Waals surface area contributed by atoms with Crippen molar-refractivity contribution in [3.63, 3.8) is 0 Å². The predicted molar refractivity (Wildman–Crippen MR) is 118 cm³/mol. The van der Waals surface area contributed by atoms with Gasteiger partial charge in [0, 0.05) is 12.0 Å². The lowest BCUT2D eigenvalue weighted by atomic mass is 9.88. The van der Waals surface area contributed by atoms with Crippen LogP contribution in [-0.2, 0) is 4.79 Å². The molecule has 0 fully saturated rings. The molecule has 4 rings (SSSR count). The number of hydrogen-bond donors (Lipinski definition) is 2. The summed E-state index contributed by atoms with van der Waals surface area (Å²) >= 11 is 12.5. The van der Waals surface area contributed by atoms with Crippen LogP contribution in [0.4, 0.5) is 5.69 Å². The maximum atomic E-state index is 12.6. The van der Waals surface area contributed by atoms with E-state index in [9.17, 15) is 9.59 Å². The highest BCUT2D eigenvalue weighted by molar-refractivity contribution is 6.37. The second-order valence-corrected chi connectivity index (χ2v) is 7.92. The van der Waals surface area contributed by atoms with Crippen LogP contribution in [0.25, 0.3) is 11.4 Å². The van der Waals surface area contributed by atoms with Crippen molar-refractivity contribution in [2.24, 2.45) is 5.73 Å². The van der Waals surface area contributed by atoms with Crippen LogP contribution in [0.2, 0.25) is 5.02 Å². The molecule has 31 heavy (non-hydrogen) atoms. The van der Waals surface area contributed by atoms with Crippen LogP contribution in [0.1, 0.15) is 22.3 Å². The van der Waals surface area contributed by atoms with Crippen LogP contribution in [0.5, 0.6) is 0 Å². The number of allylic oxidation sites excluding steroid dienone is 3. The van der Waals surface area contributed by atoms with Crippen LogP contribution < -0.4 is 11.1 Å². The number of nitrogens with one attached hydrogen (secondary N) is 1. The SMILES string of the molecule is NC(=O)C1(Cl)C=CC=C(c2ccc(C(=O)Nc3cnc(-n4nccn4)c(Cl)c3)cc2)C1. The largest absolute Gasteiger partial charge is 0.368 e.